The third kappa shape index (κ3) is 1.88. The van der Waals surface area contributed by atoms with Crippen molar-refractivity contribution in [3.05, 3.63) is 36.0 Å². The van der Waals surface area contributed by atoms with Crippen molar-refractivity contribution >= 4 is 10.9 Å². The summed E-state index contributed by atoms with van der Waals surface area (Å²) in [5.74, 6) is 0. The third-order valence-electron chi connectivity index (χ3n) is 2.08. The third-order valence-corrected chi connectivity index (χ3v) is 2.08. The Morgan fingerprint density at radius 2 is 2.07 bits per heavy atom. The van der Waals surface area contributed by atoms with Crippen LogP contribution in [-0.2, 0) is 6.54 Å². The fourth-order valence-corrected chi connectivity index (χ4v) is 1.49. The maximum atomic E-state index is 4.08. The van der Waals surface area contributed by atoms with Crippen molar-refractivity contribution in [1.29, 1.82) is 0 Å². The van der Waals surface area contributed by atoms with Crippen molar-refractivity contribution in [2.45, 2.75) is 6.54 Å². The summed E-state index contributed by atoms with van der Waals surface area (Å²) in [6.45, 7) is 0.937. The van der Waals surface area contributed by atoms with Crippen LogP contribution in [0.3, 0.4) is 0 Å². The zero-order chi connectivity index (χ0) is 9.97. The molecule has 0 spiro atoms. The summed E-state index contributed by atoms with van der Waals surface area (Å²) in [6, 6.07) is 8.27. The van der Waals surface area contributed by atoms with Gasteiger partial charge >= 0.3 is 0 Å². The molecule has 0 fully saturated rings. The van der Waals surface area contributed by atoms with Crippen LogP contribution in [0.15, 0.2) is 30.5 Å². The van der Waals surface area contributed by atoms with Crippen LogP contribution in [0.4, 0.5) is 0 Å². The van der Waals surface area contributed by atoms with Gasteiger partial charge in [0.25, 0.3) is 0 Å². The van der Waals surface area contributed by atoms with Gasteiger partial charge in [-0.05, 0) is 31.8 Å². The van der Waals surface area contributed by atoms with E-state index in [2.05, 4.69) is 47.4 Å². The Hall–Kier alpha value is -1.48. The van der Waals surface area contributed by atoms with Crippen LogP contribution in [0.1, 0.15) is 5.56 Å². The van der Waals surface area contributed by atoms with Crippen LogP contribution in [0, 0.1) is 0 Å². The normalized spacial score (nSPS) is 11.1. The Balaban J connectivity index is 2.41. The number of hydrogen-bond acceptors (Lipinski definition) is 3. The molecule has 14 heavy (non-hydrogen) atoms. The van der Waals surface area contributed by atoms with Gasteiger partial charge in [-0.15, -0.1) is 0 Å². The van der Waals surface area contributed by atoms with E-state index in [9.17, 15) is 0 Å². The molecule has 2 aromatic rings. The summed E-state index contributed by atoms with van der Waals surface area (Å²) >= 11 is 0. The van der Waals surface area contributed by atoms with Crippen LogP contribution in [-0.4, -0.2) is 29.2 Å². The molecule has 0 unspecified atom stereocenters. The Kier molecular flexibility index (Phi) is 2.41. The summed E-state index contributed by atoms with van der Waals surface area (Å²) in [7, 11) is 4.11. The molecular formula is C11H13N3. The predicted octanol–water partition coefficient (Wildman–Crippen LogP) is 1.69. The minimum atomic E-state index is 0.937. The van der Waals surface area contributed by atoms with Crippen LogP contribution < -0.4 is 0 Å². The molecule has 3 heteroatoms. The standard InChI is InChI=1S/C11H13N3/c1-14(2)8-9-3-4-10-5-6-12-13-11(10)7-9/h3-7H,8H2,1-2H3. The van der Waals surface area contributed by atoms with Gasteiger partial charge in [-0.25, -0.2) is 0 Å². The maximum Gasteiger partial charge on any atom is 0.0932 e. The summed E-state index contributed by atoms with van der Waals surface area (Å²) in [4.78, 5) is 2.14. The highest BCUT2D eigenvalue weighted by Crippen LogP contribution is 2.12. The highest BCUT2D eigenvalue weighted by Gasteiger charge is 1.98. The number of nitrogens with zero attached hydrogens (tertiary/aromatic N) is 3. The zero-order valence-corrected chi connectivity index (χ0v) is 8.44. The van der Waals surface area contributed by atoms with Gasteiger partial charge in [0.2, 0.25) is 0 Å². The zero-order valence-electron chi connectivity index (χ0n) is 8.44. The van der Waals surface area contributed by atoms with Crippen LogP contribution >= 0.6 is 0 Å². The van der Waals surface area contributed by atoms with Crippen molar-refractivity contribution in [3.63, 3.8) is 0 Å². The number of rotatable bonds is 2. The SMILES string of the molecule is CN(C)Cc1ccc2ccnnc2c1. The number of fused-ring (bicyclic) bond motifs is 1. The Bertz CT molecular complexity index is 437. The largest absolute Gasteiger partial charge is 0.305 e. The average molecular weight is 187 g/mol. The van der Waals surface area contributed by atoms with Crippen molar-refractivity contribution in [3.8, 4) is 0 Å². The first kappa shape index (κ1) is 9.09. The minimum absolute atomic E-state index is 0.937. The summed E-state index contributed by atoms with van der Waals surface area (Å²) in [5.41, 5.74) is 2.23. The number of benzene rings is 1. The van der Waals surface area contributed by atoms with E-state index < -0.39 is 0 Å². The molecule has 0 aliphatic carbocycles. The number of hydrogen-bond donors (Lipinski definition) is 0. The second-order valence-corrected chi connectivity index (χ2v) is 3.66. The van der Waals surface area contributed by atoms with Gasteiger partial charge in [0, 0.05) is 11.9 Å². The van der Waals surface area contributed by atoms with Gasteiger partial charge in [-0.1, -0.05) is 12.1 Å². The van der Waals surface area contributed by atoms with Gasteiger partial charge in [-0.2, -0.15) is 10.2 Å². The van der Waals surface area contributed by atoms with E-state index in [4.69, 9.17) is 0 Å². The van der Waals surface area contributed by atoms with Gasteiger partial charge in [0.1, 0.15) is 0 Å². The summed E-state index contributed by atoms with van der Waals surface area (Å²) in [5, 5.41) is 9.09. The summed E-state index contributed by atoms with van der Waals surface area (Å²) < 4.78 is 0. The van der Waals surface area contributed by atoms with Crippen molar-refractivity contribution < 1.29 is 0 Å². The van der Waals surface area contributed by atoms with E-state index in [-0.39, 0.29) is 0 Å². The van der Waals surface area contributed by atoms with Gasteiger partial charge in [0.05, 0.1) is 11.7 Å². The van der Waals surface area contributed by atoms with Gasteiger partial charge in [-0.3, -0.25) is 0 Å². The molecule has 0 radical (unpaired) electrons. The quantitative estimate of drug-likeness (QED) is 0.716. The molecule has 0 aliphatic rings. The maximum absolute atomic E-state index is 4.08. The topological polar surface area (TPSA) is 29.0 Å². The lowest BCUT2D eigenvalue weighted by atomic mass is 10.1. The Morgan fingerprint density at radius 1 is 1.21 bits per heavy atom. The molecule has 0 atom stereocenters. The van der Waals surface area contributed by atoms with E-state index in [0.29, 0.717) is 0 Å². The van der Waals surface area contributed by atoms with E-state index in [0.717, 1.165) is 17.4 Å². The molecule has 1 aromatic heterocycles. The number of aromatic nitrogens is 2. The molecule has 0 saturated heterocycles. The van der Waals surface area contributed by atoms with Gasteiger partial charge in [0.15, 0.2) is 0 Å². The molecule has 0 amide bonds. The molecular weight excluding hydrogens is 174 g/mol. The van der Waals surface area contributed by atoms with E-state index in [1.165, 1.54) is 5.56 Å². The second-order valence-electron chi connectivity index (χ2n) is 3.66. The molecule has 0 saturated carbocycles. The van der Waals surface area contributed by atoms with Crippen molar-refractivity contribution in [1.82, 2.24) is 15.1 Å². The lowest BCUT2D eigenvalue weighted by molar-refractivity contribution is 0.402. The first-order valence-electron chi connectivity index (χ1n) is 4.61. The van der Waals surface area contributed by atoms with Crippen molar-refractivity contribution in [2.24, 2.45) is 0 Å². The van der Waals surface area contributed by atoms with Crippen LogP contribution in [0.25, 0.3) is 10.9 Å². The second kappa shape index (κ2) is 3.72. The first-order chi connectivity index (χ1) is 6.75. The van der Waals surface area contributed by atoms with Crippen LogP contribution in [0.5, 0.6) is 0 Å². The molecule has 0 aliphatic heterocycles. The molecule has 1 heterocycles. The molecule has 72 valence electrons. The lowest BCUT2D eigenvalue weighted by Crippen LogP contribution is -2.10. The first-order valence-corrected chi connectivity index (χ1v) is 4.61. The van der Waals surface area contributed by atoms with Crippen LogP contribution in [0.2, 0.25) is 0 Å². The van der Waals surface area contributed by atoms with E-state index in [1.807, 2.05) is 6.07 Å². The van der Waals surface area contributed by atoms with E-state index in [1.54, 1.807) is 6.20 Å². The summed E-state index contributed by atoms with van der Waals surface area (Å²) in [6.07, 6.45) is 1.72. The molecule has 0 bridgehead atoms. The smallest absolute Gasteiger partial charge is 0.0932 e. The monoisotopic (exact) mass is 187 g/mol. The fourth-order valence-electron chi connectivity index (χ4n) is 1.49. The average Bonchev–Trinajstić information content (AvgIpc) is 2.17. The Morgan fingerprint density at radius 3 is 2.86 bits per heavy atom. The molecule has 0 N–H and O–H groups in total. The van der Waals surface area contributed by atoms with E-state index >= 15 is 0 Å². The molecule has 3 nitrogen and oxygen atoms in total. The molecule has 1 aromatic carbocycles. The Labute approximate surface area is 83.4 Å². The predicted molar refractivity (Wildman–Crippen MR) is 56.9 cm³/mol. The highest BCUT2D eigenvalue weighted by atomic mass is 15.1. The highest BCUT2D eigenvalue weighted by molar-refractivity contribution is 5.78. The van der Waals surface area contributed by atoms with Crippen molar-refractivity contribution in [2.75, 3.05) is 14.1 Å². The lowest BCUT2D eigenvalue weighted by Gasteiger charge is -2.09. The van der Waals surface area contributed by atoms with Gasteiger partial charge < -0.3 is 4.90 Å². The molecule has 2 rings (SSSR count). The fraction of sp³-hybridized carbons (Fsp3) is 0.273. The minimum Gasteiger partial charge on any atom is -0.305 e.